The first-order chi connectivity index (χ1) is 11.2. The maximum atomic E-state index is 12.3. The molecule has 1 saturated heterocycles. The topological polar surface area (TPSA) is 96.0 Å². The van der Waals surface area contributed by atoms with Gasteiger partial charge in [-0.15, -0.1) is 0 Å². The van der Waals surface area contributed by atoms with Crippen LogP contribution in [0.15, 0.2) is 45.8 Å². The lowest BCUT2D eigenvalue weighted by Crippen LogP contribution is -2.48. The molecule has 1 aliphatic heterocycles. The summed E-state index contributed by atoms with van der Waals surface area (Å²) < 4.78 is 9.84. The van der Waals surface area contributed by atoms with Gasteiger partial charge in [-0.1, -0.05) is 0 Å². The minimum atomic E-state index is -0.477. The van der Waals surface area contributed by atoms with Crippen LogP contribution < -0.4 is 5.32 Å². The van der Waals surface area contributed by atoms with Crippen molar-refractivity contribution in [2.75, 3.05) is 19.6 Å². The van der Waals surface area contributed by atoms with Gasteiger partial charge in [0.1, 0.15) is 6.26 Å². The lowest BCUT2D eigenvalue weighted by Gasteiger charge is -2.27. The SMILES string of the molecule is O=C(NCC(=O)N1CCCN1C(=O)c1ccoc1)c1ccco1. The van der Waals surface area contributed by atoms with Crippen molar-refractivity contribution in [3.05, 3.63) is 48.3 Å². The molecule has 0 aromatic carbocycles. The zero-order valence-electron chi connectivity index (χ0n) is 12.2. The van der Waals surface area contributed by atoms with Crippen molar-refractivity contribution in [3.63, 3.8) is 0 Å². The molecule has 23 heavy (non-hydrogen) atoms. The van der Waals surface area contributed by atoms with E-state index >= 15 is 0 Å². The van der Waals surface area contributed by atoms with E-state index in [1.54, 1.807) is 12.1 Å². The van der Waals surface area contributed by atoms with Gasteiger partial charge in [0.25, 0.3) is 17.7 Å². The molecule has 1 aliphatic rings. The summed E-state index contributed by atoms with van der Waals surface area (Å²) in [6.07, 6.45) is 4.80. The zero-order chi connectivity index (χ0) is 16.2. The van der Waals surface area contributed by atoms with E-state index in [1.807, 2.05) is 0 Å². The molecule has 3 rings (SSSR count). The first-order valence-corrected chi connectivity index (χ1v) is 7.13. The van der Waals surface area contributed by atoms with Gasteiger partial charge < -0.3 is 14.2 Å². The predicted molar refractivity (Wildman–Crippen MR) is 77.1 cm³/mol. The molecule has 0 aliphatic carbocycles. The Bertz CT molecular complexity index is 693. The smallest absolute Gasteiger partial charge is 0.287 e. The van der Waals surface area contributed by atoms with Gasteiger partial charge in [-0.05, 0) is 24.6 Å². The van der Waals surface area contributed by atoms with Crippen LogP contribution in [0.5, 0.6) is 0 Å². The van der Waals surface area contributed by atoms with Crippen LogP contribution in [-0.4, -0.2) is 47.4 Å². The Morgan fingerprint density at radius 3 is 2.65 bits per heavy atom. The molecule has 3 amide bonds. The molecular formula is C15H15N3O5. The number of nitrogens with zero attached hydrogens (tertiary/aromatic N) is 2. The Balaban J connectivity index is 1.60. The highest BCUT2D eigenvalue weighted by atomic mass is 16.3. The summed E-state index contributed by atoms with van der Waals surface area (Å²) >= 11 is 0. The Morgan fingerprint density at radius 1 is 1.13 bits per heavy atom. The largest absolute Gasteiger partial charge is 0.472 e. The van der Waals surface area contributed by atoms with Gasteiger partial charge in [0.05, 0.1) is 24.6 Å². The fourth-order valence-corrected chi connectivity index (χ4v) is 2.36. The van der Waals surface area contributed by atoms with Gasteiger partial charge in [0.2, 0.25) is 0 Å². The highest BCUT2D eigenvalue weighted by Gasteiger charge is 2.31. The summed E-state index contributed by atoms with van der Waals surface area (Å²) in [5.74, 6) is -1.01. The van der Waals surface area contributed by atoms with Crippen molar-refractivity contribution < 1.29 is 23.2 Å². The van der Waals surface area contributed by atoms with Gasteiger partial charge in [-0.2, -0.15) is 0 Å². The standard InChI is InChI=1S/C15H15N3O5/c19-13(9-16-14(20)12-3-1-7-23-12)17-5-2-6-18(17)15(21)11-4-8-22-10-11/h1,3-4,7-8,10H,2,5-6,9H2,(H,16,20). The van der Waals surface area contributed by atoms with E-state index in [2.05, 4.69) is 5.32 Å². The van der Waals surface area contributed by atoms with Crippen LogP contribution >= 0.6 is 0 Å². The Labute approximate surface area is 131 Å². The molecule has 0 bridgehead atoms. The van der Waals surface area contributed by atoms with E-state index in [4.69, 9.17) is 8.83 Å². The van der Waals surface area contributed by atoms with E-state index in [0.717, 1.165) is 0 Å². The Morgan fingerprint density at radius 2 is 1.96 bits per heavy atom. The normalized spacial score (nSPS) is 14.1. The van der Waals surface area contributed by atoms with Crippen LogP contribution in [0.2, 0.25) is 0 Å². The van der Waals surface area contributed by atoms with Crippen LogP contribution in [0.25, 0.3) is 0 Å². The summed E-state index contributed by atoms with van der Waals surface area (Å²) in [5.41, 5.74) is 0.379. The number of hydrogen-bond acceptors (Lipinski definition) is 5. The predicted octanol–water partition coefficient (Wildman–Crippen LogP) is 0.892. The fourth-order valence-electron chi connectivity index (χ4n) is 2.36. The maximum absolute atomic E-state index is 12.3. The highest BCUT2D eigenvalue weighted by Crippen LogP contribution is 2.15. The average Bonchev–Trinajstić information content (AvgIpc) is 3.33. The molecule has 1 N–H and O–H groups in total. The third-order valence-electron chi connectivity index (χ3n) is 3.47. The molecule has 0 saturated carbocycles. The van der Waals surface area contributed by atoms with E-state index in [1.165, 1.54) is 34.9 Å². The molecule has 1 fully saturated rings. The molecular weight excluding hydrogens is 302 g/mol. The molecule has 2 aromatic heterocycles. The maximum Gasteiger partial charge on any atom is 0.287 e. The van der Waals surface area contributed by atoms with E-state index in [9.17, 15) is 14.4 Å². The number of furan rings is 2. The van der Waals surface area contributed by atoms with Crippen LogP contribution in [0.1, 0.15) is 27.3 Å². The number of amides is 3. The molecule has 0 spiro atoms. The van der Waals surface area contributed by atoms with Crippen molar-refractivity contribution in [2.45, 2.75) is 6.42 Å². The minimum Gasteiger partial charge on any atom is -0.472 e. The van der Waals surface area contributed by atoms with Crippen molar-refractivity contribution >= 4 is 17.7 Å². The molecule has 8 nitrogen and oxygen atoms in total. The monoisotopic (exact) mass is 317 g/mol. The van der Waals surface area contributed by atoms with Crippen molar-refractivity contribution in [3.8, 4) is 0 Å². The van der Waals surface area contributed by atoms with Gasteiger partial charge in [0, 0.05) is 13.1 Å². The molecule has 120 valence electrons. The van der Waals surface area contributed by atoms with E-state index in [0.29, 0.717) is 25.1 Å². The second-order valence-corrected chi connectivity index (χ2v) is 4.97. The van der Waals surface area contributed by atoms with E-state index < -0.39 is 5.91 Å². The lowest BCUT2D eigenvalue weighted by atomic mass is 10.3. The summed E-state index contributed by atoms with van der Waals surface area (Å²) in [7, 11) is 0. The summed E-state index contributed by atoms with van der Waals surface area (Å²) in [6, 6.07) is 4.63. The third kappa shape index (κ3) is 3.10. The van der Waals surface area contributed by atoms with Crippen molar-refractivity contribution in [2.24, 2.45) is 0 Å². The van der Waals surface area contributed by atoms with Crippen LogP contribution in [0, 0.1) is 0 Å². The molecule has 8 heteroatoms. The quantitative estimate of drug-likeness (QED) is 0.903. The number of rotatable bonds is 4. The van der Waals surface area contributed by atoms with Gasteiger partial charge >= 0.3 is 0 Å². The number of carbonyl (C=O) groups excluding carboxylic acids is 3. The van der Waals surface area contributed by atoms with E-state index in [-0.39, 0.29) is 24.1 Å². The molecule has 0 atom stereocenters. The van der Waals surface area contributed by atoms with Gasteiger partial charge in [0.15, 0.2) is 5.76 Å². The third-order valence-corrected chi connectivity index (χ3v) is 3.47. The summed E-state index contributed by atoms with van der Waals surface area (Å²) in [4.78, 5) is 36.3. The molecule has 0 radical (unpaired) electrons. The van der Waals surface area contributed by atoms with Gasteiger partial charge in [-0.25, -0.2) is 10.0 Å². The zero-order valence-corrected chi connectivity index (χ0v) is 12.2. The Hall–Kier alpha value is -3.03. The van der Waals surface area contributed by atoms with Crippen LogP contribution in [-0.2, 0) is 4.79 Å². The van der Waals surface area contributed by atoms with Crippen molar-refractivity contribution in [1.82, 2.24) is 15.3 Å². The number of hydrazine groups is 1. The average molecular weight is 317 g/mol. The van der Waals surface area contributed by atoms with Gasteiger partial charge in [-0.3, -0.25) is 14.4 Å². The number of carbonyl (C=O) groups is 3. The first kappa shape index (κ1) is 14.9. The summed E-state index contributed by atoms with van der Waals surface area (Å²) in [6.45, 7) is 0.662. The highest BCUT2D eigenvalue weighted by molar-refractivity contribution is 5.97. The molecule has 0 unspecified atom stereocenters. The second kappa shape index (κ2) is 6.39. The number of hydrogen-bond donors (Lipinski definition) is 1. The Kier molecular flexibility index (Phi) is 4.13. The summed E-state index contributed by atoms with van der Waals surface area (Å²) in [5, 5.41) is 5.19. The minimum absolute atomic E-state index is 0.130. The number of nitrogens with one attached hydrogen (secondary N) is 1. The molecule has 3 heterocycles. The first-order valence-electron chi connectivity index (χ1n) is 7.13. The van der Waals surface area contributed by atoms with Crippen LogP contribution in [0.3, 0.4) is 0 Å². The fraction of sp³-hybridized carbons (Fsp3) is 0.267. The lowest BCUT2D eigenvalue weighted by molar-refractivity contribution is -0.139. The molecule has 2 aromatic rings. The van der Waals surface area contributed by atoms with Crippen LogP contribution in [0.4, 0.5) is 0 Å². The second-order valence-electron chi connectivity index (χ2n) is 4.97. The van der Waals surface area contributed by atoms with Crippen molar-refractivity contribution in [1.29, 1.82) is 0 Å².